The van der Waals surface area contributed by atoms with Gasteiger partial charge in [-0.25, -0.2) is 0 Å². The first-order valence-corrected chi connectivity index (χ1v) is 3.32. The fourth-order valence-corrected chi connectivity index (χ4v) is 0.694. The van der Waals surface area contributed by atoms with Crippen LogP contribution in [0.2, 0.25) is 0 Å². The Morgan fingerprint density at radius 1 is 0.857 bits per heavy atom. The lowest BCUT2D eigenvalue weighted by atomic mass is 9.74. The van der Waals surface area contributed by atoms with E-state index in [1.54, 1.807) is 0 Å². The second-order valence-electron chi connectivity index (χ2n) is 2.48. The molecule has 0 bridgehead atoms. The Bertz CT molecular complexity index is 395. The molecule has 1 radical (unpaired) electrons. The topological polar surface area (TPSA) is 133 Å². The van der Waals surface area contributed by atoms with Gasteiger partial charge in [0.2, 0.25) is 11.7 Å². The fourth-order valence-electron chi connectivity index (χ4n) is 0.694. The summed E-state index contributed by atoms with van der Waals surface area (Å²) < 4.78 is 0. The van der Waals surface area contributed by atoms with Gasteiger partial charge in [0, 0.05) is 0 Å². The van der Waals surface area contributed by atoms with Gasteiger partial charge in [-0.05, 0) is 6.92 Å². The lowest BCUT2D eigenvalue weighted by Gasteiger charge is -2.23. The van der Waals surface area contributed by atoms with Gasteiger partial charge < -0.3 is 0 Å². The minimum atomic E-state index is -2.25. The third-order valence-corrected chi connectivity index (χ3v) is 1.72. The van der Waals surface area contributed by atoms with Crippen molar-refractivity contribution in [3.05, 3.63) is 0 Å². The number of rotatable bonds is 2. The van der Waals surface area contributed by atoms with Crippen molar-refractivity contribution < 1.29 is 0 Å². The highest BCUT2D eigenvalue weighted by atomic mass is 15.0. The highest BCUT2D eigenvalue weighted by Gasteiger charge is 2.53. The van der Waals surface area contributed by atoms with E-state index in [2.05, 4.69) is 5.32 Å². The Kier molecular flexibility index (Phi) is 3.03. The molecule has 0 saturated heterocycles. The van der Waals surface area contributed by atoms with Crippen LogP contribution in [0.1, 0.15) is 6.92 Å². The molecule has 0 fully saturated rings. The lowest BCUT2D eigenvalue weighted by Crippen LogP contribution is -2.48. The Labute approximate surface area is 80.8 Å². The molecule has 6 heteroatoms. The summed E-state index contributed by atoms with van der Waals surface area (Å²) >= 11 is 0. The molecule has 0 N–H and O–H groups in total. The second-order valence-corrected chi connectivity index (χ2v) is 2.48. The van der Waals surface area contributed by atoms with E-state index in [9.17, 15) is 0 Å². The minimum absolute atomic E-state index is 1.09. The summed E-state index contributed by atoms with van der Waals surface area (Å²) in [5.41, 5.74) is -4.21. The van der Waals surface area contributed by atoms with Crippen LogP contribution in [0, 0.1) is 62.2 Å². The zero-order chi connectivity index (χ0) is 11.2. The highest BCUT2D eigenvalue weighted by molar-refractivity contribution is 5.39. The first-order chi connectivity index (χ1) is 6.55. The van der Waals surface area contributed by atoms with Gasteiger partial charge in [-0.1, -0.05) is 0 Å². The zero-order valence-electron chi connectivity index (χ0n) is 7.18. The van der Waals surface area contributed by atoms with Gasteiger partial charge in [0.1, 0.15) is 18.2 Å². The molecule has 0 saturated carbocycles. The van der Waals surface area contributed by atoms with Gasteiger partial charge in [-0.3, -0.25) is 0 Å². The van der Waals surface area contributed by atoms with Gasteiger partial charge in [0.05, 0.1) is 6.07 Å². The molecule has 6 nitrogen and oxygen atoms in total. The van der Waals surface area contributed by atoms with Crippen molar-refractivity contribution in [1.29, 1.82) is 26.3 Å². The third kappa shape index (κ3) is 1.27. The summed E-state index contributed by atoms with van der Waals surface area (Å²) in [5, 5.41) is 46.1. The van der Waals surface area contributed by atoms with Gasteiger partial charge in [-0.15, -0.1) is 0 Å². The molecule has 0 aromatic rings. The van der Waals surface area contributed by atoms with Crippen LogP contribution in [0.3, 0.4) is 0 Å². The maximum Gasteiger partial charge on any atom is 0.267 e. The monoisotopic (exact) mass is 183 g/mol. The highest BCUT2D eigenvalue weighted by Crippen LogP contribution is 2.29. The van der Waals surface area contributed by atoms with Crippen LogP contribution in [0.25, 0.3) is 0 Å². The molecule has 0 amide bonds. The van der Waals surface area contributed by atoms with Crippen molar-refractivity contribution >= 4 is 0 Å². The molecule has 1 unspecified atom stereocenters. The molecule has 0 aromatic heterocycles. The molecule has 1 atom stereocenters. The van der Waals surface area contributed by atoms with Gasteiger partial charge in [0.15, 0.2) is 0 Å². The fraction of sp³-hybridized carbons (Fsp3) is 0.375. The number of nitrogens with zero attached hydrogens (tertiary/aromatic N) is 6. The van der Waals surface area contributed by atoms with Crippen molar-refractivity contribution in [2.45, 2.75) is 12.5 Å². The molecule has 0 spiro atoms. The molecule has 0 aliphatic rings. The largest absolute Gasteiger partial charge is 0.267 e. The normalized spacial score (nSPS) is 12.9. The molecule has 0 heterocycles. The van der Waals surface area contributed by atoms with Crippen LogP contribution < -0.4 is 5.32 Å². The molecular weight excluding hydrogens is 180 g/mol. The quantitative estimate of drug-likeness (QED) is 0.551. The molecule has 0 aliphatic carbocycles. The lowest BCUT2D eigenvalue weighted by molar-refractivity contribution is 0.381. The molecule has 0 rings (SSSR count). The van der Waals surface area contributed by atoms with Crippen LogP contribution in [-0.2, 0) is 0 Å². The first kappa shape index (κ1) is 11.2. The molecule has 65 valence electrons. The maximum atomic E-state index is 8.70. The van der Waals surface area contributed by atoms with Crippen LogP contribution in [0.5, 0.6) is 0 Å². The Hall–Kier alpha value is -2.75. The van der Waals surface area contributed by atoms with Crippen molar-refractivity contribution in [2.24, 2.45) is 5.41 Å². The zero-order valence-corrected chi connectivity index (χ0v) is 7.18. The molecule has 0 aromatic carbocycles. The Balaban J connectivity index is 5.62. The van der Waals surface area contributed by atoms with Gasteiger partial charge in [-0.2, -0.15) is 31.6 Å². The van der Waals surface area contributed by atoms with E-state index in [1.165, 1.54) is 30.5 Å². The van der Waals surface area contributed by atoms with E-state index < -0.39 is 11.0 Å². The SMILES string of the molecule is CC(C#N)([N]C#N)C(C#N)(C#N)C#N. The summed E-state index contributed by atoms with van der Waals surface area (Å²) in [7, 11) is 0. The number of nitriles is 5. The van der Waals surface area contributed by atoms with Gasteiger partial charge >= 0.3 is 0 Å². The summed E-state index contributed by atoms with van der Waals surface area (Å²) in [6, 6.07) is 5.72. The maximum absolute atomic E-state index is 8.70. The first-order valence-electron chi connectivity index (χ1n) is 3.32. The third-order valence-electron chi connectivity index (χ3n) is 1.72. The van der Waals surface area contributed by atoms with Crippen molar-refractivity contribution in [3.63, 3.8) is 0 Å². The minimum Gasteiger partial charge on any atom is -0.195 e. The summed E-state index contributed by atoms with van der Waals surface area (Å²) in [5.74, 6) is 0. The average Bonchev–Trinajstić information content (AvgIpc) is 2.21. The summed E-state index contributed by atoms with van der Waals surface area (Å²) in [6.45, 7) is 1.09. The van der Waals surface area contributed by atoms with E-state index in [0.29, 0.717) is 0 Å². The molecular formula is C8H3N6. The van der Waals surface area contributed by atoms with E-state index in [-0.39, 0.29) is 0 Å². The van der Waals surface area contributed by atoms with Crippen molar-refractivity contribution in [3.8, 4) is 30.5 Å². The second kappa shape index (κ2) is 3.77. The predicted octanol–water partition coefficient (Wildman–Crippen LogP) is -0.0887. The van der Waals surface area contributed by atoms with E-state index >= 15 is 0 Å². The van der Waals surface area contributed by atoms with Crippen LogP contribution >= 0.6 is 0 Å². The van der Waals surface area contributed by atoms with Crippen molar-refractivity contribution in [1.82, 2.24) is 5.32 Å². The van der Waals surface area contributed by atoms with E-state index in [0.717, 1.165) is 6.92 Å². The summed E-state index contributed by atoms with van der Waals surface area (Å²) in [4.78, 5) is 0. The smallest absolute Gasteiger partial charge is 0.195 e. The molecule has 14 heavy (non-hydrogen) atoms. The van der Waals surface area contributed by atoms with Crippen LogP contribution in [0.15, 0.2) is 0 Å². The predicted molar refractivity (Wildman–Crippen MR) is 41.0 cm³/mol. The van der Waals surface area contributed by atoms with E-state index in [4.69, 9.17) is 26.3 Å². The number of hydrogen-bond donors (Lipinski definition) is 0. The summed E-state index contributed by atoms with van der Waals surface area (Å²) in [6.07, 6.45) is 1.32. The Morgan fingerprint density at radius 2 is 1.29 bits per heavy atom. The Morgan fingerprint density at radius 3 is 1.50 bits per heavy atom. The number of hydrogen-bond acceptors (Lipinski definition) is 5. The van der Waals surface area contributed by atoms with E-state index in [1.807, 2.05) is 0 Å². The van der Waals surface area contributed by atoms with Crippen LogP contribution in [-0.4, -0.2) is 5.54 Å². The van der Waals surface area contributed by atoms with Crippen LogP contribution in [0.4, 0.5) is 0 Å². The molecule has 0 aliphatic heterocycles. The standard InChI is InChI=1S/C8H3N6/c1-7(2-9,14-6-13)8(3-10,4-11)5-12/h1H3. The van der Waals surface area contributed by atoms with Gasteiger partial charge in [0.25, 0.3) is 5.41 Å². The van der Waals surface area contributed by atoms with Crippen molar-refractivity contribution in [2.75, 3.05) is 0 Å². The average molecular weight is 183 g/mol.